The highest BCUT2D eigenvalue weighted by atomic mass is 32.1. The van der Waals surface area contributed by atoms with Gasteiger partial charge in [-0.2, -0.15) is 0 Å². The van der Waals surface area contributed by atoms with Crippen molar-refractivity contribution in [3.05, 3.63) is 64.4 Å². The lowest BCUT2D eigenvalue weighted by atomic mass is 10.0. The normalized spacial score (nSPS) is 13.2. The Morgan fingerprint density at radius 3 is 2.93 bits per heavy atom. The van der Waals surface area contributed by atoms with Crippen LogP contribution in [-0.4, -0.2) is 22.4 Å². The molecular weight excluding hydrogens is 393 g/mol. The molecule has 1 aromatic carbocycles. The second kappa shape index (κ2) is 8.32. The van der Waals surface area contributed by atoms with Crippen LogP contribution in [0.3, 0.4) is 0 Å². The quantitative estimate of drug-likeness (QED) is 0.532. The number of aromatic nitrogens is 2. The van der Waals surface area contributed by atoms with Gasteiger partial charge in [-0.25, -0.2) is 14.4 Å². The van der Waals surface area contributed by atoms with Crippen molar-refractivity contribution in [3.63, 3.8) is 0 Å². The molecule has 0 N–H and O–H groups in total. The number of hydrogen-bond acceptors (Lipinski definition) is 5. The van der Waals surface area contributed by atoms with Gasteiger partial charge in [-0.05, 0) is 37.8 Å². The highest BCUT2D eigenvalue weighted by Gasteiger charge is 2.23. The van der Waals surface area contributed by atoms with Crippen LogP contribution in [0.25, 0.3) is 10.6 Å². The van der Waals surface area contributed by atoms with Crippen molar-refractivity contribution >= 4 is 33.7 Å². The number of hydrogen-bond donors (Lipinski definition) is 0. The lowest BCUT2D eigenvalue weighted by molar-refractivity contribution is -0.117. The van der Waals surface area contributed by atoms with E-state index in [2.05, 4.69) is 11.6 Å². The predicted molar refractivity (Wildman–Crippen MR) is 113 cm³/mol. The highest BCUT2D eigenvalue weighted by Crippen LogP contribution is 2.32. The average Bonchev–Trinajstić information content (AvgIpc) is 3.32. The predicted octanol–water partition coefficient (Wildman–Crippen LogP) is 5.05. The van der Waals surface area contributed by atoms with E-state index in [1.165, 1.54) is 34.8 Å². The largest absolute Gasteiger partial charge is 0.284 e. The molecule has 2 heterocycles. The SMILES string of the molecule is C=CCN(C(=O)Cc1csc(-c2cccc(F)c2)n1)c1nc2c(s1)CCCC2. The summed E-state index contributed by atoms with van der Waals surface area (Å²) in [6.07, 6.45) is 6.29. The zero-order valence-corrected chi connectivity index (χ0v) is 17.0. The van der Waals surface area contributed by atoms with Crippen LogP contribution in [0.2, 0.25) is 0 Å². The fourth-order valence-electron chi connectivity index (χ4n) is 3.26. The molecule has 4 nitrogen and oxygen atoms in total. The summed E-state index contributed by atoms with van der Waals surface area (Å²) < 4.78 is 13.4. The number of thiazole rings is 2. The molecule has 7 heteroatoms. The zero-order chi connectivity index (χ0) is 19.5. The summed E-state index contributed by atoms with van der Waals surface area (Å²) in [6, 6.07) is 6.33. The molecule has 1 aliphatic carbocycles. The Labute approximate surface area is 171 Å². The topological polar surface area (TPSA) is 46.1 Å². The van der Waals surface area contributed by atoms with Crippen molar-refractivity contribution in [1.82, 2.24) is 9.97 Å². The summed E-state index contributed by atoms with van der Waals surface area (Å²) in [5.74, 6) is -0.350. The van der Waals surface area contributed by atoms with Gasteiger partial charge in [0.2, 0.25) is 5.91 Å². The number of fused-ring (bicyclic) bond motifs is 1. The number of aryl methyl sites for hydroxylation is 2. The molecule has 0 saturated heterocycles. The molecule has 0 fully saturated rings. The number of anilines is 1. The van der Waals surface area contributed by atoms with Crippen LogP contribution in [0.15, 0.2) is 42.3 Å². The van der Waals surface area contributed by atoms with Crippen molar-refractivity contribution in [1.29, 1.82) is 0 Å². The van der Waals surface area contributed by atoms with Gasteiger partial charge in [0.25, 0.3) is 0 Å². The minimum Gasteiger partial charge on any atom is -0.284 e. The van der Waals surface area contributed by atoms with Crippen molar-refractivity contribution in [2.24, 2.45) is 0 Å². The summed E-state index contributed by atoms with van der Waals surface area (Å²) in [5, 5.41) is 3.32. The fraction of sp³-hybridized carbons (Fsp3) is 0.286. The fourth-order valence-corrected chi connectivity index (χ4v) is 5.25. The van der Waals surface area contributed by atoms with E-state index in [0.717, 1.165) is 35.7 Å². The first kappa shape index (κ1) is 19.0. The van der Waals surface area contributed by atoms with Gasteiger partial charge in [0.1, 0.15) is 10.8 Å². The van der Waals surface area contributed by atoms with Crippen LogP contribution in [0.4, 0.5) is 9.52 Å². The van der Waals surface area contributed by atoms with Crippen LogP contribution >= 0.6 is 22.7 Å². The molecule has 0 radical (unpaired) electrons. The van der Waals surface area contributed by atoms with E-state index in [-0.39, 0.29) is 18.1 Å². The van der Waals surface area contributed by atoms with E-state index in [1.54, 1.807) is 28.4 Å². The standard InChI is InChI=1S/C21H20FN3OS2/c1-2-10-25(21-24-17-8-3-4-9-18(17)28-21)19(26)12-16-13-27-20(23-16)14-6-5-7-15(22)11-14/h2,5-7,11,13H,1,3-4,8-10,12H2. The van der Waals surface area contributed by atoms with Crippen LogP contribution in [-0.2, 0) is 24.1 Å². The van der Waals surface area contributed by atoms with Crippen molar-refractivity contribution in [2.75, 3.05) is 11.4 Å². The molecule has 0 unspecified atom stereocenters. The van der Waals surface area contributed by atoms with Crippen molar-refractivity contribution in [3.8, 4) is 10.6 Å². The van der Waals surface area contributed by atoms with Gasteiger partial charge in [-0.3, -0.25) is 9.69 Å². The van der Waals surface area contributed by atoms with Gasteiger partial charge in [0.05, 0.1) is 17.8 Å². The second-order valence-electron chi connectivity index (χ2n) is 6.70. The van der Waals surface area contributed by atoms with Gasteiger partial charge in [0.15, 0.2) is 5.13 Å². The number of nitrogens with zero attached hydrogens (tertiary/aromatic N) is 3. The monoisotopic (exact) mass is 413 g/mol. The molecule has 0 bridgehead atoms. The molecule has 3 aromatic rings. The first-order valence-electron chi connectivity index (χ1n) is 9.24. The minimum absolute atomic E-state index is 0.0536. The Balaban J connectivity index is 1.52. The summed E-state index contributed by atoms with van der Waals surface area (Å²) in [5.41, 5.74) is 2.54. The van der Waals surface area contributed by atoms with Gasteiger partial charge in [-0.1, -0.05) is 18.2 Å². The average molecular weight is 414 g/mol. The van der Waals surface area contributed by atoms with Crippen molar-refractivity contribution in [2.45, 2.75) is 32.1 Å². The summed E-state index contributed by atoms with van der Waals surface area (Å²) >= 11 is 3.03. The number of amides is 1. The van der Waals surface area contributed by atoms with E-state index in [1.807, 2.05) is 11.4 Å². The third-order valence-electron chi connectivity index (χ3n) is 4.63. The first-order valence-corrected chi connectivity index (χ1v) is 10.9. The maximum absolute atomic E-state index is 13.4. The maximum atomic E-state index is 13.4. The van der Waals surface area contributed by atoms with Crippen LogP contribution in [0, 0.1) is 5.82 Å². The third kappa shape index (κ3) is 4.05. The Kier molecular flexibility index (Phi) is 5.64. The molecule has 0 spiro atoms. The molecule has 0 aliphatic heterocycles. The van der Waals surface area contributed by atoms with Crippen LogP contribution in [0.1, 0.15) is 29.1 Å². The van der Waals surface area contributed by atoms with Crippen LogP contribution < -0.4 is 4.90 Å². The maximum Gasteiger partial charge on any atom is 0.235 e. The lowest BCUT2D eigenvalue weighted by Gasteiger charge is -2.17. The zero-order valence-electron chi connectivity index (χ0n) is 15.4. The number of halogens is 1. The molecule has 0 saturated carbocycles. The van der Waals surface area contributed by atoms with E-state index in [4.69, 9.17) is 4.98 Å². The Bertz CT molecular complexity index is 987. The molecule has 2 aromatic heterocycles. The van der Waals surface area contributed by atoms with Gasteiger partial charge < -0.3 is 0 Å². The van der Waals surface area contributed by atoms with Gasteiger partial charge >= 0.3 is 0 Å². The van der Waals surface area contributed by atoms with E-state index >= 15 is 0 Å². The number of carbonyl (C=O) groups excluding carboxylic acids is 1. The number of carbonyl (C=O) groups is 1. The first-order chi connectivity index (χ1) is 13.6. The van der Waals surface area contributed by atoms with E-state index in [0.29, 0.717) is 17.2 Å². The number of rotatable bonds is 6. The molecule has 144 valence electrons. The Morgan fingerprint density at radius 1 is 1.29 bits per heavy atom. The van der Waals surface area contributed by atoms with Gasteiger partial charge in [0, 0.05) is 22.4 Å². The molecule has 1 aliphatic rings. The third-order valence-corrected chi connectivity index (χ3v) is 6.75. The molecule has 28 heavy (non-hydrogen) atoms. The highest BCUT2D eigenvalue weighted by molar-refractivity contribution is 7.16. The van der Waals surface area contributed by atoms with E-state index in [9.17, 15) is 9.18 Å². The minimum atomic E-state index is -0.296. The summed E-state index contributed by atoms with van der Waals surface area (Å²) in [6.45, 7) is 4.21. The molecule has 0 atom stereocenters. The smallest absolute Gasteiger partial charge is 0.235 e. The van der Waals surface area contributed by atoms with Gasteiger partial charge in [-0.15, -0.1) is 29.3 Å². The Hall–Kier alpha value is -2.38. The van der Waals surface area contributed by atoms with Crippen molar-refractivity contribution < 1.29 is 9.18 Å². The molecular formula is C21H20FN3OS2. The van der Waals surface area contributed by atoms with E-state index < -0.39 is 0 Å². The molecule has 1 amide bonds. The summed E-state index contributed by atoms with van der Waals surface area (Å²) in [4.78, 5) is 25.2. The lowest BCUT2D eigenvalue weighted by Crippen LogP contribution is -2.32. The summed E-state index contributed by atoms with van der Waals surface area (Å²) in [7, 11) is 0. The number of benzene rings is 1. The Morgan fingerprint density at radius 2 is 2.14 bits per heavy atom. The molecule has 4 rings (SSSR count). The van der Waals surface area contributed by atoms with Crippen LogP contribution in [0.5, 0.6) is 0 Å². The second-order valence-corrected chi connectivity index (χ2v) is 8.62.